The first-order valence-corrected chi connectivity index (χ1v) is 10.4. The van der Waals surface area contributed by atoms with Crippen molar-refractivity contribution in [1.82, 2.24) is 9.78 Å². The van der Waals surface area contributed by atoms with E-state index in [2.05, 4.69) is 10.4 Å². The van der Waals surface area contributed by atoms with Gasteiger partial charge in [0, 0.05) is 28.1 Å². The minimum absolute atomic E-state index is 0.0725. The van der Waals surface area contributed by atoms with Crippen LogP contribution in [0.2, 0.25) is 0 Å². The minimum Gasteiger partial charge on any atom is -0.319 e. The molecule has 0 unspecified atom stereocenters. The van der Waals surface area contributed by atoms with Crippen molar-refractivity contribution in [3.05, 3.63) is 112 Å². The third kappa shape index (κ3) is 5.01. The van der Waals surface area contributed by atoms with E-state index in [9.17, 15) is 19.3 Å². The predicted molar refractivity (Wildman–Crippen MR) is 119 cm³/mol. The van der Waals surface area contributed by atoms with Gasteiger partial charge in [0.05, 0.1) is 28.9 Å². The summed E-state index contributed by atoms with van der Waals surface area (Å²) in [7, 11) is 0. The van der Waals surface area contributed by atoms with E-state index >= 15 is 0 Å². The lowest BCUT2D eigenvalue weighted by Gasteiger charge is -2.10. The van der Waals surface area contributed by atoms with Crippen molar-refractivity contribution in [2.24, 2.45) is 0 Å². The normalized spacial score (nSPS) is 10.7. The molecule has 3 aromatic carbocycles. The standard InChI is InChI=1S/C23H17FN4O3S/c24-20-8-4-5-9-22(20)32-21-11-10-18(28(30)31)12-19(21)23(29)26-17-13-25-27(15-17)14-16-6-2-1-3-7-16/h1-13,15H,14H2,(H,26,29). The first-order chi connectivity index (χ1) is 15.5. The summed E-state index contributed by atoms with van der Waals surface area (Å²) in [6.07, 6.45) is 3.17. The van der Waals surface area contributed by atoms with Crippen LogP contribution in [0.1, 0.15) is 15.9 Å². The molecule has 4 rings (SSSR count). The van der Waals surface area contributed by atoms with Crippen LogP contribution in [-0.4, -0.2) is 20.6 Å². The molecule has 1 amide bonds. The van der Waals surface area contributed by atoms with E-state index in [1.54, 1.807) is 29.1 Å². The van der Waals surface area contributed by atoms with Crippen molar-refractivity contribution in [1.29, 1.82) is 0 Å². The summed E-state index contributed by atoms with van der Waals surface area (Å²) in [4.78, 5) is 24.3. The maximum atomic E-state index is 14.1. The zero-order valence-electron chi connectivity index (χ0n) is 16.6. The number of nitro groups is 1. The van der Waals surface area contributed by atoms with Gasteiger partial charge >= 0.3 is 0 Å². The minimum atomic E-state index is -0.577. The third-order valence-corrected chi connectivity index (χ3v) is 5.68. The number of benzene rings is 3. The number of anilines is 1. The second-order valence-corrected chi connectivity index (χ2v) is 7.92. The van der Waals surface area contributed by atoms with Crippen molar-refractivity contribution in [2.75, 3.05) is 5.32 Å². The average molecular weight is 448 g/mol. The van der Waals surface area contributed by atoms with Crippen molar-refractivity contribution < 1.29 is 14.1 Å². The van der Waals surface area contributed by atoms with Gasteiger partial charge in [-0.1, -0.05) is 54.2 Å². The van der Waals surface area contributed by atoms with Gasteiger partial charge in [0.2, 0.25) is 0 Å². The Balaban J connectivity index is 1.57. The Hall–Kier alpha value is -3.98. The fourth-order valence-electron chi connectivity index (χ4n) is 3.03. The fraction of sp³-hybridized carbons (Fsp3) is 0.0435. The van der Waals surface area contributed by atoms with Gasteiger partial charge in [-0.15, -0.1) is 0 Å². The summed E-state index contributed by atoms with van der Waals surface area (Å²) in [5, 5.41) is 18.2. The summed E-state index contributed by atoms with van der Waals surface area (Å²) >= 11 is 1.03. The van der Waals surface area contributed by atoms with E-state index in [1.165, 1.54) is 30.5 Å². The number of rotatable bonds is 7. The first kappa shape index (κ1) is 21.3. The van der Waals surface area contributed by atoms with E-state index in [0.717, 1.165) is 17.3 Å². The molecule has 0 saturated carbocycles. The van der Waals surface area contributed by atoms with E-state index in [0.29, 0.717) is 22.0 Å². The maximum absolute atomic E-state index is 14.1. The fourth-order valence-corrected chi connectivity index (χ4v) is 3.97. The van der Waals surface area contributed by atoms with E-state index in [1.807, 2.05) is 30.3 Å². The molecule has 0 spiro atoms. The van der Waals surface area contributed by atoms with Crippen molar-refractivity contribution in [2.45, 2.75) is 16.3 Å². The molecule has 1 heterocycles. The molecule has 9 heteroatoms. The highest BCUT2D eigenvalue weighted by Crippen LogP contribution is 2.34. The molecule has 1 aromatic heterocycles. The zero-order valence-corrected chi connectivity index (χ0v) is 17.5. The number of nitrogens with one attached hydrogen (secondary N) is 1. The molecule has 0 aliphatic carbocycles. The van der Waals surface area contributed by atoms with Gasteiger partial charge in [-0.05, 0) is 23.8 Å². The average Bonchev–Trinajstić information content (AvgIpc) is 3.22. The number of hydrogen-bond donors (Lipinski definition) is 1. The SMILES string of the molecule is O=C(Nc1cnn(Cc2ccccc2)c1)c1cc([N+](=O)[O-])ccc1Sc1ccccc1F. The highest BCUT2D eigenvalue weighted by Gasteiger charge is 2.19. The molecule has 0 aliphatic heterocycles. The number of hydrogen-bond acceptors (Lipinski definition) is 5. The van der Waals surface area contributed by atoms with Crippen LogP contribution in [0.4, 0.5) is 15.8 Å². The number of halogens is 1. The molecule has 0 radical (unpaired) electrons. The number of nitro benzene ring substituents is 1. The molecule has 7 nitrogen and oxygen atoms in total. The van der Waals surface area contributed by atoms with Crippen molar-refractivity contribution in [3.63, 3.8) is 0 Å². The summed E-state index contributed by atoms with van der Waals surface area (Å²) in [5.74, 6) is -0.990. The largest absolute Gasteiger partial charge is 0.319 e. The predicted octanol–water partition coefficient (Wildman–Crippen LogP) is 5.38. The highest BCUT2D eigenvalue weighted by atomic mass is 32.2. The lowest BCUT2D eigenvalue weighted by molar-refractivity contribution is -0.384. The Morgan fingerprint density at radius 3 is 2.56 bits per heavy atom. The number of carbonyl (C=O) groups is 1. The quantitative estimate of drug-likeness (QED) is 0.303. The van der Waals surface area contributed by atoms with Gasteiger partial charge in [0.25, 0.3) is 11.6 Å². The number of carbonyl (C=O) groups excluding carboxylic acids is 1. The van der Waals surface area contributed by atoms with Gasteiger partial charge in [-0.25, -0.2) is 4.39 Å². The molecular formula is C23H17FN4O3S. The van der Waals surface area contributed by atoms with Gasteiger partial charge in [-0.2, -0.15) is 5.10 Å². The maximum Gasteiger partial charge on any atom is 0.270 e. The number of nitrogens with zero attached hydrogens (tertiary/aromatic N) is 3. The first-order valence-electron chi connectivity index (χ1n) is 9.58. The van der Waals surface area contributed by atoms with E-state index < -0.39 is 16.6 Å². The Bertz CT molecular complexity index is 1280. The number of non-ortho nitro benzene ring substituents is 1. The van der Waals surface area contributed by atoms with Gasteiger partial charge in [0.15, 0.2) is 0 Å². The lowest BCUT2D eigenvalue weighted by atomic mass is 10.2. The van der Waals surface area contributed by atoms with Crippen LogP contribution in [0.5, 0.6) is 0 Å². The smallest absolute Gasteiger partial charge is 0.270 e. The van der Waals surface area contributed by atoms with Gasteiger partial charge < -0.3 is 5.32 Å². The molecule has 160 valence electrons. The summed E-state index contributed by atoms with van der Waals surface area (Å²) < 4.78 is 15.8. The summed E-state index contributed by atoms with van der Waals surface area (Å²) in [6, 6.07) is 19.8. The lowest BCUT2D eigenvalue weighted by Crippen LogP contribution is -2.13. The molecule has 32 heavy (non-hydrogen) atoms. The monoisotopic (exact) mass is 448 g/mol. The van der Waals surface area contributed by atoms with Crippen LogP contribution in [0.25, 0.3) is 0 Å². The van der Waals surface area contributed by atoms with Crippen LogP contribution in [0, 0.1) is 15.9 Å². The highest BCUT2D eigenvalue weighted by molar-refractivity contribution is 7.99. The molecule has 0 aliphatic rings. The van der Waals surface area contributed by atoms with Crippen molar-refractivity contribution >= 4 is 29.0 Å². The van der Waals surface area contributed by atoms with Gasteiger partial charge in [0.1, 0.15) is 5.82 Å². The second kappa shape index (κ2) is 9.44. The van der Waals surface area contributed by atoms with E-state index in [4.69, 9.17) is 0 Å². The molecular weight excluding hydrogens is 431 g/mol. The van der Waals surface area contributed by atoms with Crippen LogP contribution in [0.15, 0.2) is 95.0 Å². The number of amides is 1. The Kier molecular flexibility index (Phi) is 6.27. The molecule has 0 fully saturated rings. The second-order valence-electron chi connectivity index (χ2n) is 6.84. The molecule has 1 N–H and O–H groups in total. The Morgan fingerprint density at radius 1 is 1.06 bits per heavy atom. The van der Waals surface area contributed by atoms with E-state index in [-0.39, 0.29) is 11.3 Å². The Labute approximate surface area is 187 Å². The Morgan fingerprint density at radius 2 is 1.81 bits per heavy atom. The molecule has 0 atom stereocenters. The zero-order chi connectivity index (χ0) is 22.5. The van der Waals surface area contributed by atoms with Crippen LogP contribution in [-0.2, 0) is 6.54 Å². The summed E-state index contributed by atoms with van der Waals surface area (Å²) in [5.41, 5.74) is 1.34. The molecule has 0 bridgehead atoms. The molecule has 4 aromatic rings. The van der Waals surface area contributed by atoms with Crippen LogP contribution < -0.4 is 5.32 Å². The molecule has 0 saturated heterocycles. The summed E-state index contributed by atoms with van der Waals surface area (Å²) in [6.45, 7) is 0.530. The third-order valence-electron chi connectivity index (χ3n) is 4.55. The number of aromatic nitrogens is 2. The topological polar surface area (TPSA) is 90.1 Å². The van der Waals surface area contributed by atoms with Crippen molar-refractivity contribution in [3.8, 4) is 0 Å². The van der Waals surface area contributed by atoms with Crippen LogP contribution in [0.3, 0.4) is 0 Å². The van der Waals surface area contributed by atoms with Gasteiger partial charge in [-0.3, -0.25) is 19.6 Å². The van der Waals surface area contributed by atoms with Crippen LogP contribution >= 0.6 is 11.8 Å².